The van der Waals surface area contributed by atoms with E-state index in [9.17, 15) is 14.3 Å². The van der Waals surface area contributed by atoms with Crippen LogP contribution in [0.4, 0.5) is 11.4 Å². The first-order valence-corrected chi connectivity index (χ1v) is 7.51. The molecule has 5 nitrogen and oxygen atoms in total. The second kappa shape index (κ2) is 6.70. The predicted octanol–water partition coefficient (Wildman–Crippen LogP) is 2.82. The SMILES string of the molecule is CC(CCS(C)=O)Nc1cc(Cl)ccc1[N+](=O)[O-]. The fraction of sp³-hybridized carbons (Fsp3) is 0.455. The van der Waals surface area contributed by atoms with Crippen molar-refractivity contribution in [3.63, 3.8) is 0 Å². The van der Waals surface area contributed by atoms with Crippen LogP contribution < -0.4 is 5.32 Å². The van der Waals surface area contributed by atoms with E-state index in [1.54, 1.807) is 6.26 Å². The molecular weight excluding hydrogens is 276 g/mol. The number of nitro groups is 1. The molecule has 0 aliphatic heterocycles. The fourth-order valence-corrected chi connectivity index (χ4v) is 2.32. The third-order valence-corrected chi connectivity index (χ3v) is 3.44. The van der Waals surface area contributed by atoms with Gasteiger partial charge in [0.15, 0.2) is 0 Å². The molecule has 0 fully saturated rings. The van der Waals surface area contributed by atoms with Crippen LogP contribution in [0.3, 0.4) is 0 Å². The number of anilines is 1. The van der Waals surface area contributed by atoms with Crippen LogP contribution in [0.5, 0.6) is 0 Å². The highest BCUT2D eigenvalue weighted by Crippen LogP contribution is 2.28. The van der Waals surface area contributed by atoms with Crippen molar-refractivity contribution in [2.45, 2.75) is 19.4 Å². The minimum atomic E-state index is -0.863. The maximum Gasteiger partial charge on any atom is 0.292 e. The summed E-state index contributed by atoms with van der Waals surface area (Å²) in [7, 11) is -0.863. The van der Waals surface area contributed by atoms with Crippen molar-refractivity contribution in [1.29, 1.82) is 0 Å². The first kappa shape index (κ1) is 14.9. The number of hydrogen-bond donors (Lipinski definition) is 1. The topological polar surface area (TPSA) is 72.2 Å². The van der Waals surface area contributed by atoms with Crippen LogP contribution in [0.1, 0.15) is 13.3 Å². The second-order valence-electron chi connectivity index (χ2n) is 4.03. The van der Waals surface area contributed by atoms with E-state index in [-0.39, 0.29) is 11.7 Å². The predicted molar refractivity (Wildman–Crippen MR) is 74.7 cm³/mol. The van der Waals surface area contributed by atoms with Gasteiger partial charge in [0.1, 0.15) is 5.69 Å². The lowest BCUT2D eigenvalue weighted by Crippen LogP contribution is -2.18. The lowest BCUT2D eigenvalue weighted by Gasteiger charge is -2.14. The van der Waals surface area contributed by atoms with Crippen molar-refractivity contribution in [1.82, 2.24) is 0 Å². The summed E-state index contributed by atoms with van der Waals surface area (Å²) in [5.41, 5.74) is 0.380. The standard InChI is InChI=1S/C11H15ClN2O3S/c1-8(5-6-18(2)17)13-10-7-9(12)3-4-11(10)14(15)16/h3-4,7-8,13H,5-6H2,1-2H3. The Morgan fingerprint density at radius 1 is 1.56 bits per heavy atom. The molecular formula is C11H15ClN2O3S. The van der Waals surface area contributed by atoms with E-state index in [4.69, 9.17) is 11.6 Å². The lowest BCUT2D eigenvalue weighted by atomic mass is 10.2. The molecule has 100 valence electrons. The van der Waals surface area contributed by atoms with Crippen molar-refractivity contribution < 1.29 is 9.13 Å². The summed E-state index contributed by atoms with van der Waals surface area (Å²) in [5.74, 6) is 0.558. The van der Waals surface area contributed by atoms with Crippen molar-refractivity contribution in [3.05, 3.63) is 33.3 Å². The molecule has 0 bridgehead atoms. The highest BCUT2D eigenvalue weighted by Gasteiger charge is 2.15. The van der Waals surface area contributed by atoms with Gasteiger partial charge in [0.2, 0.25) is 0 Å². The number of nitro benzene ring substituents is 1. The van der Waals surface area contributed by atoms with E-state index in [1.165, 1.54) is 18.2 Å². The van der Waals surface area contributed by atoms with E-state index >= 15 is 0 Å². The number of benzene rings is 1. The molecule has 0 radical (unpaired) electrons. The average Bonchev–Trinajstić information content (AvgIpc) is 2.26. The molecule has 7 heteroatoms. The van der Waals surface area contributed by atoms with E-state index in [1.807, 2.05) is 6.92 Å². The Balaban J connectivity index is 2.79. The molecule has 1 aromatic rings. The van der Waals surface area contributed by atoms with Gasteiger partial charge in [-0.2, -0.15) is 0 Å². The van der Waals surface area contributed by atoms with E-state index in [0.717, 1.165) is 0 Å². The zero-order chi connectivity index (χ0) is 13.7. The maximum absolute atomic E-state index is 11.0. The molecule has 0 aliphatic rings. The molecule has 2 unspecified atom stereocenters. The van der Waals surface area contributed by atoms with Gasteiger partial charge in [0.05, 0.1) is 4.92 Å². The van der Waals surface area contributed by atoms with Crippen molar-refractivity contribution >= 4 is 33.8 Å². The molecule has 0 spiro atoms. The molecule has 0 aromatic heterocycles. The number of hydrogen-bond acceptors (Lipinski definition) is 4. The monoisotopic (exact) mass is 290 g/mol. The maximum atomic E-state index is 11.0. The van der Waals surface area contributed by atoms with E-state index in [0.29, 0.717) is 22.9 Å². The molecule has 18 heavy (non-hydrogen) atoms. The third-order valence-electron chi connectivity index (χ3n) is 2.40. The molecule has 0 amide bonds. The summed E-state index contributed by atoms with van der Waals surface area (Å²) < 4.78 is 11.0. The normalized spacial score (nSPS) is 13.9. The summed E-state index contributed by atoms with van der Waals surface area (Å²) in [6.07, 6.45) is 2.31. The second-order valence-corrected chi connectivity index (χ2v) is 6.02. The van der Waals surface area contributed by atoms with E-state index < -0.39 is 15.7 Å². The van der Waals surface area contributed by atoms with Crippen LogP contribution in [0.2, 0.25) is 5.02 Å². The van der Waals surface area contributed by atoms with Gasteiger partial charge in [0.25, 0.3) is 5.69 Å². The van der Waals surface area contributed by atoms with Gasteiger partial charge >= 0.3 is 0 Å². The number of halogens is 1. The largest absolute Gasteiger partial charge is 0.377 e. The molecule has 2 atom stereocenters. The Morgan fingerprint density at radius 2 is 2.22 bits per heavy atom. The smallest absolute Gasteiger partial charge is 0.292 e. The summed E-state index contributed by atoms with van der Waals surface area (Å²) in [6, 6.07) is 4.37. The van der Waals surface area contributed by atoms with Crippen molar-refractivity contribution in [3.8, 4) is 0 Å². The minimum absolute atomic E-state index is 0.00827. The summed E-state index contributed by atoms with van der Waals surface area (Å²) in [4.78, 5) is 10.4. The highest BCUT2D eigenvalue weighted by atomic mass is 35.5. The average molecular weight is 291 g/mol. The first-order chi connectivity index (χ1) is 8.40. The number of rotatable bonds is 6. The lowest BCUT2D eigenvalue weighted by molar-refractivity contribution is -0.384. The molecule has 0 heterocycles. The third kappa shape index (κ3) is 4.62. The number of nitrogens with zero attached hydrogens (tertiary/aromatic N) is 1. The zero-order valence-electron chi connectivity index (χ0n) is 10.2. The Kier molecular flexibility index (Phi) is 5.55. The van der Waals surface area contributed by atoms with Gasteiger partial charge in [0, 0.05) is 39.9 Å². The van der Waals surface area contributed by atoms with Gasteiger partial charge in [-0.15, -0.1) is 0 Å². The van der Waals surface area contributed by atoms with Gasteiger partial charge < -0.3 is 5.32 Å². The van der Waals surface area contributed by atoms with Crippen molar-refractivity contribution in [2.24, 2.45) is 0 Å². The van der Waals surface area contributed by atoms with Crippen LogP contribution in [0, 0.1) is 10.1 Å². The molecule has 0 saturated carbocycles. The van der Waals surface area contributed by atoms with Crippen LogP contribution in [-0.2, 0) is 10.8 Å². The Hall–Kier alpha value is -1.14. The summed E-state index contributed by atoms with van der Waals surface area (Å²) in [6.45, 7) is 1.89. The number of nitrogens with one attached hydrogen (secondary N) is 1. The van der Waals surface area contributed by atoms with Crippen LogP contribution >= 0.6 is 11.6 Å². The molecule has 0 aliphatic carbocycles. The van der Waals surface area contributed by atoms with Crippen LogP contribution in [0.25, 0.3) is 0 Å². The van der Waals surface area contributed by atoms with Gasteiger partial charge in [-0.3, -0.25) is 14.3 Å². The molecule has 1 rings (SSSR count). The van der Waals surface area contributed by atoms with Crippen LogP contribution in [-0.4, -0.2) is 27.2 Å². The fourth-order valence-electron chi connectivity index (χ4n) is 1.46. The quantitative estimate of drug-likeness (QED) is 0.646. The van der Waals surface area contributed by atoms with Gasteiger partial charge in [-0.1, -0.05) is 11.6 Å². The Bertz CT molecular complexity index is 468. The first-order valence-electron chi connectivity index (χ1n) is 5.40. The minimum Gasteiger partial charge on any atom is -0.377 e. The van der Waals surface area contributed by atoms with E-state index in [2.05, 4.69) is 5.32 Å². The Morgan fingerprint density at radius 3 is 2.78 bits per heavy atom. The summed E-state index contributed by atoms with van der Waals surface area (Å²) >= 11 is 5.82. The summed E-state index contributed by atoms with van der Waals surface area (Å²) in [5, 5.41) is 14.3. The Labute approximate surface area is 113 Å². The molecule has 1 aromatic carbocycles. The van der Waals surface area contributed by atoms with Gasteiger partial charge in [-0.05, 0) is 25.5 Å². The molecule has 1 N–H and O–H groups in total. The zero-order valence-corrected chi connectivity index (χ0v) is 11.8. The van der Waals surface area contributed by atoms with Gasteiger partial charge in [-0.25, -0.2) is 0 Å². The van der Waals surface area contributed by atoms with Crippen molar-refractivity contribution in [2.75, 3.05) is 17.3 Å². The van der Waals surface area contributed by atoms with Crippen LogP contribution in [0.15, 0.2) is 18.2 Å². The molecule has 0 saturated heterocycles. The highest BCUT2D eigenvalue weighted by molar-refractivity contribution is 7.84.